The average molecular weight is 280 g/mol. The molecule has 0 aromatic carbocycles. The van der Waals surface area contributed by atoms with Crippen LogP contribution in [-0.2, 0) is 19.6 Å². The molecular weight excluding hydrogens is 270 g/mol. The Bertz CT molecular complexity index is 505. The van der Waals surface area contributed by atoms with Crippen LogP contribution >= 0.6 is 11.6 Å². The van der Waals surface area contributed by atoms with Crippen molar-refractivity contribution >= 4 is 33.4 Å². The molecule has 0 radical (unpaired) electrons. The summed E-state index contributed by atoms with van der Waals surface area (Å²) in [4.78, 5) is 18.2. The average Bonchev–Trinajstić information content (AvgIpc) is 2.29. The number of aromatic nitrogens is 2. The van der Waals surface area contributed by atoms with E-state index in [1.165, 1.54) is 19.5 Å². The molecule has 0 fully saturated rings. The number of hydrogen-bond donors (Lipinski definition) is 1. The molecule has 1 N–H and O–H groups in total. The number of carbonyl (C=O) groups excluding carboxylic acids is 1. The third-order valence-electron chi connectivity index (χ3n) is 1.71. The molecule has 0 aliphatic rings. The molecule has 0 spiro atoms. The highest BCUT2D eigenvalue weighted by molar-refractivity contribution is 7.92. The van der Waals surface area contributed by atoms with Crippen LogP contribution in [0.1, 0.15) is 6.42 Å². The van der Waals surface area contributed by atoms with Gasteiger partial charge in [0.05, 0.1) is 19.3 Å². The molecule has 0 aliphatic carbocycles. The Morgan fingerprint density at radius 1 is 1.47 bits per heavy atom. The predicted octanol–water partition coefficient (Wildman–Crippen LogP) is 0.435. The maximum absolute atomic E-state index is 11.5. The summed E-state index contributed by atoms with van der Waals surface area (Å²) < 4.78 is 29.5. The minimum absolute atomic E-state index is 0.0610. The number of rotatable bonds is 5. The predicted molar refractivity (Wildman–Crippen MR) is 61.1 cm³/mol. The lowest BCUT2D eigenvalue weighted by Crippen LogP contribution is -2.20. The van der Waals surface area contributed by atoms with Crippen molar-refractivity contribution in [2.75, 3.05) is 17.6 Å². The molecule has 0 atom stereocenters. The number of nitrogens with zero attached hydrogens (tertiary/aromatic N) is 2. The van der Waals surface area contributed by atoms with Crippen LogP contribution in [0.3, 0.4) is 0 Å². The highest BCUT2D eigenvalue weighted by atomic mass is 35.5. The summed E-state index contributed by atoms with van der Waals surface area (Å²) in [6.45, 7) is 0. The smallest absolute Gasteiger partial charge is 0.306 e. The van der Waals surface area contributed by atoms with Gasteiger partial charge in [0.15, 0.2) is 11.0 Å². The first-order valence-electron chi connectivity index (χ1n) is 4.48. The van der Waals surface area contributed by atoms with Crippen molar-refractivity contribution < 1.29 is 17.9 Å². The molecule has 7 nitrogen and oxygen atoms in total. The zero-order chi connectivity index (χ0) is 12.9. The molecule has 0 bridgehead atoms. The summed E-state index contributed by atoms with van der Waals surface area (Å²) in [6, 6.07) is 0. The van der Waals surface area contributed by atoms with Gasteiger partial charge in [-0.05, 0) is 0 Å². The number of nitrogens with one attached hydrogen (secondary N) is 1. The van der Waals surface area contributed by atoms with Crippen LogP contribution in [0.4, 0.5) is 5.82 Å². The van der Waals surface area contributed by atoms with Crippen LogP contribution in [0.5, 0.6) is 0 Å². The SMILES string of the molecule is COC(=O)CCS(=O)(=O)Nc1nccnc1Cl. The highest BCUT2D eigenvalue weighted by Crippen LogP contribution is 2.15. The third kappa shape index (κ3) is 4.53. The zero-order valence-electron chi connectivity index (χ0n) is 8.88. The molecule has 94 valence electrons. The summed E-state index contributed by atoms with van der Waals surface area (Å²) in [7, 11) is -2.52. The maximum atomic E-state index is 11.5. The topological polar surface area (TPSA) is 98.2 Å². The van der Waals surface area contributed by atoms with Crippen LogP contribution < -0.4 is 4.72 Å². The maximum Gasteiger partial charge on any atom is 0.306 e. The van der Waals surface area contributed by atoms with Gasteiger partial charge in [0.25, 0.3) is 0 Å². The lowest BCUT2D eigenvalue weighted by molar-refractivity contribution is -0.140. The van der Waals surface area contributed by atoms with Crippen molar-refractivity contribution in [1.82, 2.24) is 9.97 Å². The van der Waals surface area contributed by atoms with E-state index in [0.717, 1.165) is 0 Å². The Morgan fingerprint density at radius 3 is 2.71 bits per heavy atom. The van der Waals surface area contributed by atoms with Gasteiger partial charge in [0.2, 0.25) is 10.0 Å². The van der Waals surface area contributed by atoms with E-state index in [-0.39, 0.29) is 17.4 Å². The Hall–Kier alpha value is -1.41. The van der Waals surface area contributed by atoms with Crippen molar-refractivity contribution in [3.63, 3.8) is 0 Å². The Labute approximate surface area is 103 Å². The minimum Gasteiger partial charge on any atom is -0.469 e. The molecule has 1 rings (SSSR count). The zero-order valence-corrected chi connectivity index (χ0v) is 10.5. The van der Waals surface area contributed by atoms with E-state index in [2.05, 4.69) is 19.4 Å². The molecule has 17 heavy (non-hydrogen) atoms. The van der Waals surface area contributed by atoms with Crippen LogP contribution in [0.2, 0.25) is 5.15 Å². The molecule has 0 unspecified atom stereocenters. The molecule has 1 heterocycles. The van der Waals surface area contributed by atoms with E-state index in [0.29, 0.717) is 0 Å². The van der Waals surface area contributed by atoms with Crippen LogP contribution in [0, 0.1) is 0 Å². The lowest BCUT2D eigenvalue weighted by atomic mass is 10.5. The third-order valence-corrected chi connectivity index (χ3v) is 3.23. The second-order valence-electron chi connectivity index (χ2n) is 2.94. The van der Waals surface area contributed by atoms with Crippen LogP contribution in [0.15, 0.2) is 12.4 Å². The highest BCUT2D eigenvalue weighted by Gasteiger charge is 2.16. The largest absolute Gasteiger partial charge is 0.469 e. The Kier molecular flexibility index (Phi) is 4.64. The second kappa shape index (κ2) is 5.78. The standard InChI is InChI=1S/C8H10ClN3O4S/c1-16-6(13)2-5-17(14,15)12-8-7(9)10-3-4-11-8/h3-4H,2,5H2,1H3,(H,11,12). The van der Waals surface area contributed by atoms with Crippen molar-refractivity contribution in [3.05, 3.63) is 17.5 Å². The molecule has 0 amide bonds. The number of sulfonamides is 1. The lowest BCUT2D eigenvalue weighted by Gasteiger charge is -2.06. The summed E-state index contributed by atoms with van der Waals surface area (Å²) in [5.41, 5.74) is 0. The van der Waals surface area contributed by atoms with Gasteiger partial charge in [-0.3, -0.25) is 9.52 Å². The van der Waals surface area contributed by atoms with Crippen LogP contribution in [0.25, 0.3) is 0 Å². The number of halogens is 1. The van der Waals surface area contributed by atoms with Crippen molar-refractivity contribution in [2.24, 2.45) is 0 Å². The van der Waals surface area contributed by atoms with Gasteiger partial charge in [0.1, 0.15) is 0 Å². The van der Waals surface area contributed by atoms with E-state index in [1.54, 1.807) is 0 Å². The fourth-order valence-electron chi connectivity index (χ4n) is 0.908. The summed E-state index contributed by atoms with van der Waals surface area (Å²) >= 11 is 5.63. The van der Waals surface area contributed by atoms with E-state index in [4.69, 9.17) is 11.6 Å². The van der Waals surface area contributed by atoms with Gasteiger partial charge in [-0.1, -0.05) is 11.6 Å². The number of esters is 1. The fourth-order valence-corrected chi connectivity index (χ4v) is 2.10. The van der Waals surface area contributed by atoms with Gasteiger partial charge < -0.3 is 4.74 Å². The summed E-state index contributed by atoms with van der Waals surface area (Å²) in [6.07, 6.45) is 2.38. The molecule has 1 aromatic rings. The Balaban J connectivity index is 2.67. The molecule has 0 saturated carbocycles. The quantitative estimate of drug-likeness (QED) is 0.785. The normalized spacial score (nSPS) is 10.9. The number of carbonyl (C=O) groups is 1. The fraction of sp³-hybridized carbons (Fsp3) is 0.375. The van der Waals surface area contributed by atoms with E-state index in [1.807, 2.05) is 0 Å². The van der Waals surface area contributed by atoms with Gasteiger partial charge >= 0.3 is 5.97 Å². The number of ether oxygens (including phenoxy) is 1. The first kappa shape index (κ1) is 13.7. The molecule has 9 heteroatoms. The van der Waals surface area contributed by atoms with Crippen molar-refractivity contribution in [2.45, 2.75) is 6.42 Å². The number of methoxy groups -OCH3 is 1. The molecule has 0 saturated heterocycles. The van der Waals surface area contributed by atoms with Gasteiger partial charge in [-0.15, -0.1) is 0 Å². The second-order valence-corrected chi connectivity index (χ2v) is 5.14. The van der Waals surface area contributed by atoms with E-state index >= 15 is 0 Å². The number of hydrogen-bond acceptors (Lipinski definition) is 6. The van der Waals surface area contributed by atoms with E-state index in [9.17, 15) is 13.2 Å². The van der Waals surface area contributed by atoms with Gasteiger partial charge in [-0.25, -0.2) is 18.4 Å². The summed E-state index contributed by atoms with van der Waals surface area (Å²) in [5, 5.41) is -0.0610. The summed E-state index contributed by atoms with van der Waals surface area (Å²) in [5.74, 6) is -1.09. The first-order chi connectivity index (χ1) is 7.94. The Morgan fingerprint density at radius 2 is 2.12 bits per heavy atom. The van der Waals surface area contributed by atoms with E-state index < -0.39 is 21.7 Å². The van der Waals surface area contributed by atoms with Gasteiger partial charge in [0, 0.05) is 12.4 Å². The number of anilines is 1. The minimum atomic E-state index is -3.70. The molecule has 0 aliphatic heterocycles. The van der Waals surface area contributed by atoms with Crippen molar-refractivity contribution in [3.8, 4) is 0 Å². The van der Waals surface area contributed by atoms with Crippen molar-refractivity contribution in [1.29, 1.82) is 0 Å². The first-order valence-corrected chi connectivity index (χ1v) is 6.51. The monoisotopic (exact) mass is 279 g/mol. The molecular formula is C8H10ClN3O4S. The van der Waals surface area contributed by atoms with Gasteiger partial charge in [-0.2, -0.15) is 0 Å². The molecule has 1 aromatic heterocycles. The van der Waals surface area contributed by atoms with Crippen LogP contribution in [-0.4, -0.2) is 37.2 Å².